The average Bonchev–Trinajstić information content (AvgIpc) is 2.81. The van der Waals surface area contributed by atoms with Crippen molar-refractivity contribution >= 4 is 17.5 Å². The van der Waals surface area contributed by atoms with Crippen LogP contribution < -0.4 is 10.2 Å². The number of aromatic nitrogens is 3. The van der Waals surface area contributed by atoms with Gasteiger partial charge >= 0.3 is 0 Å². The van der Waals surface area contributed by atoms with E-state index in [9.17, 15) is 4.79 Å². The summed E-state index contributed by atoms with van der Waals surface area (Å²) in [6.07, 6.45) is 2.10. The van der Waals surface area contributed by atoms with Crippen molar-refractivity contribution in [3.05, 3.63) is 41.9 Å². The Morgan fingerprint density at radius 2 is 2.17 bits per heavy atom. The third-order valence-corrected chi connectivity index (χ3v) is 2.37. The van der Waals surface area contributed by atoms with Gasteiger partial charge in [0.25, 0.3) is 5.91 Å². The molecule has 1 atom stereocenters. The second-order valence-corrected chi connectivity index (χ2v) is 4.00. The van der Waals surface area contributed by atoms with Crippen LogP contribution in [-0.2, 0) is 4.79 Å². The second-order valence-electron chi connectivity index (χ2n) is 3.56. The topological polar surface area (TPSA) is 69.0 Å². The summed E-state index contributed by atoms with van der Waals surface area (Å²) < 4.78 is 6.80. The zero-order valence-electron chi connectivity index (χ0n) is 9.58. The lowest BCUT2D eigenvalue weighted by Crippen LogP contribution is -2.34. The van der Waals surface area contributed by atoms with Crippen molar-refractivity contribution in [3.8, 4) is 5.75 Å². The minimum Gasteiger partial charge on any atom is -0.481 e. The number of benzene rings is 1. The van der Waals surface area contributed by atoms with Gasteiger partial charge in [-0.3, -0.25) is 10.2 Å². The fourth-order valence-corrected chi connectivity index (χ4v) is 1.45. The van der Waals surface area contributed by atoms with Crippen LogP contribution in [0.2, 0.25) is 5.02 Å². The van der Waals surface area contributed by atoms with Crippen molar-refractivity contribution in [2.24, 2.45) is 0 Å². The molecule has 0 fully saturated rings. The molecule has 1 amide bonds. The first-order valence-corrected chi connectivity index (χ1v) is 5.60. The van der Waals surface area contributed by atoms with Crippen LogP contribution in [0.5, 0.6) is 5.75 Å². The smallest absolute Gasteiger partial charge is 0.279 e. The molecule has 0 radical (unpaired) electrons. The number of nitrogens with one attached hydrogen (secondary N) is 1. The van der Waals surface area contributed by atoms with Gasteiger partial charge in [-0.05, 0) is 25.1 Å². The highest BCUT2D eigenvalue weighted by molar-refractivity contribution is 6.30. The number of carbonyl (C=O) groups is 1. The number of hydrogen-bond acceptors (Lipinski definition) is 4. The predicted octanol–water partition coefficient (Wildman–Crippen LogP) is 1.47. The standard InChI is InChI=1S/C11H11ClN4O2/c1-8(11(17)15-16-6-13-14-7-16)18-10-4-2-3-9(12)5-10/h2-8H,1H3,(H,15,17)/t8-/m1/s1. The highest BCUT2D eigenvalue weighted by atomic mass is 35.5. The molecule has 0 saturated carbocycles. The van der Waals surface area contributed by atoms with Gasteiger partial charge < -0.3 is 4.74 Å². The van der Waals surface area contributed by atoms with Gasteiger partial charge in [0.2, 0.25) is 0 Å². The molecule has 7 heteroatoms. The van der Waals surface area contributed by atoms with Crippen molar-refractivity contribution < 1.29 is 9.53 Å². The first kappa shape index (κ1) is 12.4. The summed E-state index contributed by atoms with van der Waals surface area (Å²) in [7, 11) is 0. The number of hydrogen-bond donors (Lipinski definition) is 1. The summed E-state index contributed by atoms with van der Waals surface area (Å²) in [5.74, 6) is 0.226. The van der Waals surface area contributed by atoms with E-state index in [1.165, 1.54) is 17.3 Å². The molecule has 2 rings (SSSR count). The Balaban J connectivity index is 1.95. The van der Waals surface area contributed by atoms with Gasteiger partial charge in [0.15, 0.2) is 6.10 Å². The summed E-state index contributed by atoms with van der Waals surface area (Å²) in [6, 6.07) is 6.86. The maximum atomic E-state index is 11.8. The predicted molar refractivity (Wildman–Crippen MR) is 65.9 cm³/mol. The SMILES string of the molecule is C[C@@H](Oc1cccc(Cl)c1)C(=O)Nn1cnnc1. The molecule has 0 bridgehead atoms. The van der Waals surface area contributed by atoms with E-state index < -0.39 is 6.10 Å². The number of carbonyl (C=O) groups excluding carboxylic acids is 1. The number of ether oxygens (including phenoxy) is 1. The van der Waals surface area contributed by atoms with Gasteiger partial charge in [0.05, 0.1) is 0 Å². The Labute approximate surface area is 109 Å². The molecule has 0 aliphatic rings. The van der Waals surface area contributed by atoms with Crippen molar-refractivity contribution in [3.63, 3.8) is 0 Å². The summed E-state index contributed by atoms with van der Waals surface area (Å²) >= 11 is 5.82. The van der Waals surface area contributed by atoms with Gasteiger partial charge in [-0.15, -0.1) is 10.2 Å². The molecular weight excluding hydrogens is 256 g/mol. The van der Waals surface area contributed by atoms with Crippen LogP contribution in [-0.4, -0.2) is 26.9 Å². The largest absolute Gasteiger partial charge is 0.481 e. The van der Waals surface area contributed by atoms with Gasteiger partial charge in [-0.1, -0.05) is 17.7 Å². The van der Waals surface area contributed by atoms with E-state index >= 15 is 0 Å². The number of nitrogens with zero attached hydrogens (tertiary/aromatic N) is 3. The molecule has 1 N–H and O–H groups in total. The zero-order chi connectivity index (χ0) is 13.0. The Hall–Kier alpha value is -2.08. The Bertz CT molecular complexity index is 530. The van der Waals surface area contributed by atoms with E-state index in [1.54, 1.807) is 31.2 Å². The number of rotatable bonds is 4. The van der Waals surface area contributed by atoms with Crippen LogP contribution in [0, 0.1) is 0 Å². The van der Waals surface area contributed by atoms with Gasteiger partial charge in [-0.2, -0.15) is 0 Å². The molecule has 0 saturated heterocycles. The third kappa shape index (κ3) is 3.21. The molecule has 0 spiro atoms. The lowest BCUT2D eigenvalue weighted by atomic mass is 10.3. The van der Waals surface area contributed by atoms with E-state index in [2.05, 4.69) is 15.6 Å². The van der Waals surface area contributed by atoms with Crippen LogP contribution in [0.1, 0.15) is 6.92 Å². The Morgan fingerprint density at radius 3 is 2.83 bits per heavy atom. The van der Waals surface area contributed by atoms with E-state index in [0.717, 1.165) is 0 Å². The lowest BCUT2D eigenvalue weighted by Gasteiger charge is -2.14. The molecule has 18 heavy (non-hydrogen) atoms. The molecule has 1 aromatic carbocycles. The molecule has 1 aromatic heterocycles. The molecule has 94 valence electrons. The summed E-state index contributed by atoms with van der Waals surface area (Å²) in [6.45, 7) is 1.64. The maximum absolute atomic E-state index is 11.8. The fraction of sp³-hybridized carbons (Fsp3) is 0.182. The first-order valence-electron chi connectivity index (χ1n) is 5.23. The minimum atomic E-state index is -0.661. The minimum absolute atomic E-state index is 0.310. The summed E-state index contributed by atoms with van der Waals surface area (Å²) in [5.41, 5.74) is 2.55. The summed E-state index contributed by atoms with van der Waals surface area (Å²) in [4.78, 5) is 11.8. The van der Waals surface area contributed by atoms with Crippen LogP contribution in [0.25, 0.3) is 0 Å². The molecule has 0 unspecified atom stereocenters. The van der Waals surface area contributed by atoms with Crippen LogP contribution in [0.15, 0.2) is 36.9 Å². The van der Waals surface area contributed by atoms with Crippen LogP contribution >= 0.6 is 11.6 Å². The first-order chi connectivity index (χ1) is 8.65. The highest BCUT2D eigenvalue weighted by Crippen LogP contribution is 2.18. The van der Waals surface area contributed by atoms with E-state index in [0.29, 0.717) is 10.8 Å². The van der Waals surface area contributed by atoms with E-state index in [4.69, 9.17) is 16.3 Å². The number of halogens is 1. The number of amides is 1. The zero-order valence-corrected chi connectivity index (χ0v) is 10.3. The highest BCUT2D eigenvalue weighted by Gasteiger charge is 2.14. The molecular formula is C11H11ClN4O2. The average molecular weight is 267 g/mol. The van der Waals surface area contributed by atoms with E-state index in [-0.39, 0.29) is 5.91 Å². The quantitative estimate of drug-likeness (QED) is 0.910. The molecule has 1 heterocycles. The Morgan fingerprint density at radius 1 is 1.44 bits per heavy atom. The van der Waals surface area contributed by atoms with E-state index in [1.807, 2.05) is 0 Å². The lowest BCUT2D eigenvalue weighted by molar-refractivity contribution is -0.123. The molecule has 2 aromatic rings. The molecule has 0 aliphatic carbocycles. The monoisotopic (exact) mass is 266 g/mol. The van der Waals surface area contributed by atoms with Crippen molar-refractivity contribution in [1.29, 1.82) is 0 Å². The molecule has 0 aliphatic heterocycles. The second kappa shape index (κ2) is 5.50. The Kier molecular flexibility index (Phi) is 3.78. The van der Waals surface area contributed by atoms with Gasteiger partial charge in [-0.25, -0.2) is 4.68 Å². The maximum Gasteiger partial charge on any atom is 0.279 e. The fourth-order valence-electron chi connectivity index (χ4n) is 1.27. The molecule has 6 nitrogen and oxygen atoms in total. The summed E-state index contributed by atoms with van der Waals surface area (Å²) in [5, 5.41) is 7.69. The van der Waals surface area contributed by atoms with Crippen LogP contribution in [0.4, 0.5) is 0 Å². The normalized spacial score (nSPS) is 11.9. The van der Waals surface area contributed by atoms with Gasteiger partial charge in [0, 0.05) is 5.02 Å². The third-order valence-electron chi connectivity index (χ3n) is 2.14. The van der Waals surface area contributed by atoms with Crippen molar-refractivity contribution in [2.45, 2.75) is 13.0 Å². The van der Waals surface area contributed by atoms with Gasteiger partial charge in [0.1, 0.15) is 18.4 Å². The van der Waals surface area contributed by atoms with Crippen molar-refractivity contribution in [2.75, 3.05) is 5.43 Å². The van der Waals surface area contributed by atoms with Crippen molar-refractivity contribution in [1.82, 2.24) is 14.9 Å². The van der Waals surface area contributed by atoms with Crippen LogP contribution in [0.3, 0.4) is 0 Å².